The van der Waals surface area contributed by atoms with Gasteiger partial charge in [-0.05, 0) is 37.1 Å². The molecular weight excluding hydrogens is 297 g/mol. The highest BCUT2D eigenvalue weighted by Crippen LogP contribution is 2.30. The van der Waals surface area contributed by atoms with Gasteiger partial charge in [-0.3, -0.25) is 4.79 Å². The lowest BCUT2D eigenvalue weighted by Gasteiger charge is -2.27. The Bertz CT molecular complexity index is 562. The van der Waals surface area contributed by atoms with Gasteiger partial charge >= 0.3 is 6.18 Å². The molecule has 1 atom stereocenters. The smallest absolute Gasteiger partial charge is 0.416 e. The molecule has 1 aromatic carbocycles. The summed E-state index contributed by atoms with van der Waals surface area (Å²) < 4.78 is 42.3. The van der Waals surface area contributed by atoms with Crippen LogP contribution in [0.2, 0.25) is 0 Å². The predicted octanol–water partition coefficient (Wildman–Crippen LogP) is 3.14. The zero-order valence-corrected chi connectivity index (χ0v) is 12.5. The molecule has 1 N–H and O–H groups in total. The van der Waals surface area contributed by atoms with Gasteiger partial charge in [0.2, 0.25) is 0 Å². The third-order valence-electron chi connectivity index (χ3n) is 3.34. The van der Waals surface area contributed by atoms with E-state index in [1.54, 1.807) is 20.8 Å². The molecule has 0 bridgehead atoms. The molecule has 0 radical (unpaired) electrons. The molecule has 1 amide bonds. The van der Waals surface area contributed by atoms with E-state index >= 15 is 0 Å². The number of nitriles is 1. The van der Waals surface area contributed by atoms with E-state index in [1.165, 1.54) is 0 Å². The standard InChI is InChI=1S/C15H17F3N2O2/c1-10(2)14(3,9-19)20-13(21)8-22-12-6-4-11(5-7-12)15(16,17)18/h4-7,10H,8H2,1-3H3,(H,20,21). The summed E-state index contributed by atoms with van der Waals surface area (Å²) in [4.78, 5) is 11.8. The van der Waals surface area contributed by atoms with Crippen LogP contribution in [0.4, 0.5) is 13.2 Å². The summed E-state index contributed by atoms with van der Waals surface area (Å²) in [7, 11) is 0. The Morgan fingerprint density at radius 3 is 2.27 bits per heavy atom. The average molecular weight is 314 g/mol. The van der Waals surface area contributed by atoms with Gasteiger partial charge in [0.25, 0.3) is 5.91 Å². The number of rotatable bonds is 5. The van der Waals surface area contributed by atoms with Gasteiger partial charge in [0.1, 0.15) is 11.3 Å². The zero-order valence-electron chi connectivity index (χ0n) is 12.5. The van der Waals surface area contributed by atoms with E-state index in [1.807, 2.05) is 6.07 Å². The summed E-state index contributed by atoms with van der Waals surface area (Å²) >= 11 is 0. The van der Waals surface area contributed by atoms with Crippen molar-refractivity contribution < 1.29 is 22.7 Å². The lowest BCUT2D eigenvalue weighted by atomic mass is 9.90. The second-order valence-electron chi connectivity index (χ2n) is 5.33. The fraction of sp³-hybridized carbons (Fsp3) is 0.467. The van der Waals surface area contributed by atoms with E-state index in [4.69, 9.17) is 10.00 Å². The van der Waals surface area contributed by atoms with E-state index in [0.717, 1.165) is 24.3 Å². The zero-order chi connectivity index (χ0) is 17.0. The molecule has 0 aliphatic rings. The van der Waals surface area contributed by atoms with Crippen molar-refractivity contribution >= 4 is 5.91 Å². The van der Waals surface area contributed by atoms with Crippen LogP contribution < -0.4 is 10.1 Å². The molecule has 1 unspecified atom stereocenters. The van der Waals surface area contributed by atoms with Crippen LogP contribution in [-0.4, -0.2) is 18.1 Å². The molecule has 4 nitrogen and oxygen atoms in total. The van der Waals surface area contributed by atoms with E-state index in [2.05, 4.69) is 5.32 Å². The van der Waals surface area contributed by atoms with Crippen LogP contribution in [0.1, 0.15) is 26.3 Å². The highest BCUT2D eigenvalue weighted by Gasteiger charge is 2.31. The number of nitrogens with zero attached hydrogens (tertiary/aromatic N) is 1. The Labute approximate surface area is 126 Å². The first-order valence-corrected chi connectivity index (χ1v) is 6.61. The normalized spacial score (nSPS) is 14.1. The molecule has 7 heteroatoms. The number of benzene rings is 1. The quantitative estimate of drug-likeness (QED) is 0.908. The Morgan fingerprint density at radius 1 is 1.32 bits per heavy atom. The Balaban J connectivity index is 2.60. The number of carbonyl (C=O) groups excluding carboxylic acids is 1. The summed E-state index contributed by atoms with van der Waals surface area (Å²) in [5, 5.41) is 11.6. The molecule has 1 rings (SSSR count). The fourth-order valence-electron chi connectivity index (χ4n) is 1.52. The van der Waals surface area contributed by atoms with E-state index in [-0.39, 0.29) is 18.3 Å². The monoisotopic (exact) mass is 314 g/mol. The highest BCUT2D eigenvalue weighted by molar-refractivity contribution is 5.78. The molecule has 0 fully saturated rings. The van der Waals surface area contributed by atoms with Crippen molar-refractivity contribution in [1.82, 2.24) is 5.32 Å². The molecule has 0 aromatic heterocycles. The van der Waals surface area contributed by atoms with Crippen molar-refractivity contribution in [3.63, 3.8) is 0 Å². The molecule has 0 saturated heterocycles. The van der Waals surface area contributed by atoms with Gasteiger partial charge in [0.15, 0.2) is 6.61 Å². The number of halogens is 3. The first-order valence-electron chi connectivity index (χ1n) is 6.61. The molecule has 0 spiro atoms. The lowest BCUT2D eigenvalue weighted by molar-refractivity contribution is -0.137. The third-order valence-corrected chi connectivity index (χ3v) is 3.34. The van der Waals surface area contributed by atoms with E-state index in [0.29, 0.717) is 0 Å². The van der Waals surface area contributed by atoms with Crippen molar-refractivity contribution in [2.75, 3.05) is 6.61 Å². The number of ether oxygens (including phenoxy) is 1. The topological polar surface area (TPSA) is 62.1 Å². The first kappa shape index (κ1) is 17.8. The van der Waals surface area contributed by atoms with Gasteiger partial charge < -0.3 is 10.1 Å². The van der Waals surface area contributed by atoms with Crippen molar-refractivity contribution in [3.8, 4) is 11.8 Å². The maximum Gasteiger partial charge on any atom is 0.416 e. The third kappa shape index (κ3) is 4.65. The minimum absolute atomic E-state index is 0.104. The second-order valence-corrected chi connectivity index (χ2v) is 5.33. The van der Waals surface area contributed by atoms with Crippen LogP contribution in [0.15, 0.2) is 24.3 Å². The van der Waals surface area contributed by atoms with Gasteiger partial charge in [-0.25, -0.2) is 0 Å². The van der Waals surface area contributed by atoms with Crippen LogP contribution in [0.25, 0.3) is 0 Å². The Morgan fingerprint density at radius 2 is 1.86 bits per heavy atom. The van der Waals surface area contributed by atoms with Crippen molar-refractivity contribution in [2.24, 2.45) is 5.92 Å². The molecule has 0 aliphatic carbocycles. The van der Waals surface area contributed by atoms with Crippen LogP contribution in [0.3, 0.4) is 0 Å². The van der Waals surface area contributed by atoms with Crippen LogP contribution >= 0.6 is 0 Å². The highest BCUT2D eigenvalue weighted by atomic mass is 19.4. The minimum Gasteiger partial charge on any atom is -0.484 e. The Hall–Kier alpha value is -2.23. The summed E-state index contributed by atoms with van der Waals surface area (Å²) in [5.74, 6) is -0.475. The van der Waals surface area contributed by atoms with Crippen LogP contribution in [-0.2, 0) is 11.0 Å². The van der Waals surface area contributed by atoms with Gasteiger partial charge in [0.05, 0.1) is 11.6 Å². The first-order chi connectivity index (χ1) is 10.1. The summed E-state index contributed by atoms with van der Waals surface area (Å²) in [6.45, 7) is 4.80. The van der Waals surface area contributed by atoms with Gasteiger partial charge in [-0.1, -0.05) is 13.8 Å². The molecule has 0 heterocycles. The summed E-state index contributed by atoms with van der Waals surface area (Å²) in [5.41, 5.74) is -1.82. The van der Waals surface area contributed by atoms with E-state index in [9.17, 15) is 18.0 Å². The molecule has 120 valence electrons. The minimum atomic E-state index is -4.41. The molecular formula is C15H17F3N2O2. The van der Waals surface area contributed by atoms with Gasteiger partial charge in [-0.2, -0.15) is 18.4 Å². The SMILES string of the molecule is CC(C)C(C)(C#N)NC(=O)COc1ccc(C(F)(F)F)cc1. The number of hydrogen-bond donors (Lipinski definition) is 1. The van der Waals surface area contributed by atoms with Crippen molar-refractivity contribution in [2.45, 2.75) is 32.5 Å². The average Bonchev–Trinajstić information content (AvgIpc) is 2.44. The number of nitrogens with one attached hydrogen (secondary N) is 1. The largest absolute Gasteiger partial charge is 0.484 e. The second kappa shape index (κ2) is 6.69. The summed E-state index contributed by atoms with van der Waals surface area (Å²) in [6.07, 6.45) is -4.41. The maximum atomic E-state index is 12.4. The summed E-state index contributed by atoms with van der Waals surface area (Å²) in [6, 6.07) is 6.05. The van der Waals surface area contributed by atoms with Gasteiger partial charge in [-0.15, -0.1) is 0 Å². The van der Waals surface area contributed by atoms with Gasteiger partial charge in [0, 0.05) is 0 Å². The number of amides is 1. The molecule has 1 aromatic rings. The number of hydrogen-bond acceptors (Lipinski definition) is 3. The Kier molecular flexibility index (Phi) is 5.42. The lowest BCUT2D eigenvalue weighted by Crippen LogP contribution is -2.50. The van der Waals surface area contributed by atoms with Crippen LogP contribution in [0.5, 0.6) is 5.75 Å². The molecule has 0 saturated carbocycles. The number of alkyl halides is 3. The van der Waals surface area contributed by atoms with Crippen LogP contribution in [0, 0.1) is 17.2 Å². The number of carbonyl (C=O) groups is 1. The predicted molar refractivity (Wildman–Crippen MR) is 73.9 cm³/mol. The maximum absolute atomic E-state index is 12.4. The van der Waals surface area contributed by atoms with Crippen molar-refractivity contribution in [3.05, 3.63) is 29.8 Å². The molecule has 22 heavy (non-hydrogen) atoms. The van der Waals surface area contributed by atoms with E-state index < -0.39 is 23.2 Å². The molecule has 0 aliphatic heterocycles. The fourth-order valence-corrected chi connectivity index (χ4v) is 1.52. The van der Waals surface area contributed by atoms with Crippen molar-refractivity contribution in [1.29, 1.82) is 5.26 Å².